The van der Waals surface area contributed by atoms with Gasteiger partial charge in [0.2, 0.25) is 10.0 Å². The van der Waals surface area contributed by atoms with Crippen LogP contribution in [-0.4, -0.2) is 81.8 Å². The summed E-state index contributed by atoms with van der Waals surface area (Å²) in [5.41, 5.74) is 1.12. The average Bonchev–Trinajstić information content (AvgIpc) is 2.91. The van der Waals surface area contributed by atoms with Crippen LogP contribution in [0.1, 0.15) is 30.0 Å². The molecule has 3 rings (SSSR count). The maximum atomic E-state index is 13.7. The van der Waals surface area contributed by atoms with Gasteiger partial charge in [-0.15, -0.1) is 0 Å². The van der Waals surface area contributed by atoms with Gasteiger partial charge in [-0.25, -0.2) is 8.42 Å². The molecular weight excluding hydrogens is 585 g/mol. The van der Waals surface area contributed by atoms with Gasteiger partial charge in [0, 0.05) is 29.2 Å². The van der Waals surface area contributed by atoms with Gasteiger partial charge in [-0.2, -0.15) is 4.31 Å². The zero-order chi connectivity index (χ0) is 30.2. The van der Waals surface area contributed by atoms with E-state index in [0.717, 1.165) is 6.07 Å². The zero-order valence-corrected chi connectivity index (χ0v) is 26.1. The maximum Gasteiger partial charge on any atom is 0.293 e. The van der Waals surface area contributed by atoms with Crippen LogP contribution < -0.4 is 5.32 Å². The number of hydrogen-bond acceptors (Lipinski definition) is 7. The molecule has 0 spiro atoms. The second-order valence-corrected chi connectivity index (χ2v) is 13.0. The second-order valence-electron chi connectivity index (χ2n) is 10.3. The number of rotatable bonds is 15. The molecule has 0 bridgehead atoms. The lowest BCUT2D eigenvalue weighted by Crippen LogP contribution is -2.35. The van der Waals surface area contributed by atoms with E-state index in [4.69, 9.17) is 23.2 Å². The summed E-state index contributed by atoms with van der Waals surface area (Å²) >= 11 is 13.0. The SMILES string of the molecule is CN(C)CCCN(CCCN(C)C)S(=O)(=O)c1ccc(NC(c2ccccc2Cl)c2ccccc2Cl)c([N+](=O)[O-])c1. The van der Waals surface area contributed by atoms with Gasteiger partial charge in [0.05, 0.1) is 15.9 Å². The van der Waals surface area contributed by atoms with Crippen LogP contribution in [0.2, 0.25) is 10.0 Å². The Hall–Kier alpha value is -2.73. The molecule has 0 aliphatic heterocycles. The molecule has 12 heteroatoms. The molecule has 0 aliphatic rings. The van der Waals surface area contributed by atoms with Crippen molar-refractivity contribution in [3.63, 3.8) is 0 Å². The second kappa shape index (κ2) is 14.9. The smallest absolute Gasteiger partial charge is 0.293 e. The van der Waals surface area contributed by atoms with Crippen molar-refractivity contribution in [1.82, 2.24) is 14.1 Å². The first-order valence-electron chi connectivity index (χ1n) is 13.2. The van der Waals surface area contributed by atoms with Crippen molar-refractivity contribution in [2.75, 3.05) is 59.7 Å². The van der Waals surface area contributed by atoms with E-state index in [9.17, 15) is 18.5 Å². The number of nitrogens with zero attached hydrogens (tertiary/aromatic N) is 4. The minimum Gasteiger partial charge on any atom is -0.368 e. The van der Waals surface area contributed by atoms with Crippen LogP contribution in [0.25, 0.3) is 0 Å². The Labute approximate surface area is 252 Å². The molecular formula is C29H37Cl2N5O4S. The van der Waals surface area contributed by atoms with Crippen molar-refractivity contribution in [1.29, 1.82) is 0 Å². The molecule has 0 aromatic heterocycles. The minimum atomic E-state index is -3.99. The van der Waals surface area contributed by atoms with Crippen LogP contribution in [0.4, 0.5) is 11.4 Å². The number of halogens is 2. The number of anilines is 1. The van der Waals surface area contributed by atoms with Crippen molar-refractivity contribution >= 4 is 44.6 Å². The summed E-state index contributed by atoms with van der Waals surface area (Å²) in [6.07, 6.45) is 1.26. The van der Waals surface area contributed by atoms with Crippen LogP contribution in [0.5, 0.6) is 0 Å². The Morgan fingerprint density at radius 2 is 1.29 bits per heavy atom. The number of benzene rings is 3. The quantitative estimate of drug-likeness (QED) is 0.164. The predicted molar refractivity (Wildman–Crippen MR) is 167 cm³/mol. The first kappa shape index (κ1) is 32.8. The van der Waals surface area contributed by atoms with Gasteiger partial charge >= 0.3 is 0 Å². The van der Waals surface area contributed by atoms with Gasteiger partial charge in [0.15, 0.2) is 0 Å². The molecule has 222 valence electrons. The fraction of sp³-hybridized carbons (Fsp3) is 0.379. The molecule has 3 aromatic carbocycles. The standard InChI is InChI=1S/C29H37Cl2N5O4S/c1-33(2)17-9-19-35(20-10-18-34(3)4)41(39,40)22-15-16-27(28(21-22)36(37)38)32-29(23-11-5-7-13-25(23)30)24-12-6-8-14-26(24)31/h5-8,11-16,21,29,32H,9-10,17-20H2,1-4H3. The summed E-state index contributed by atoms with van der Waals surface area (Å²) in [5, 5.41) is 16.4. The predicted octanol–water partition coefficient (Wildman–Crippen LogP) is 6.00. The third-order valence-corrected chi connectivity index (χ3v) is 9.14. The molecule has 41 heavy (non-hydrogen) atoms. The Bertz CT molecular complexity index is 1380. The number of nitrogens with one attached hydrogen (secondary N) is 1. The number of hydrogen-bond donors (Lipinski definition) is 1. The van der Waals surface area contributed by atoms with Crippen LogP contribution in [0.3, 0.4) is 0 Å². The van der Waals surface area contributed by atoms with E-state index in [0.29, 0.717) is 60.2 Å². The fourth-order valence-electron chi connectivity index (χ4n) is 4.47. The Balaban J connectivity index is 2.01. The minimum absolute atomic E-state index is 0.128. The van der Waals surface area contributed by atoms with Gasteiger partial charge in [-0.3, -0.25) is 10.1 Å². The summed E-state index contributed by atoms with van der Waals surface area (Å²) in [6.45, 7) is 2.05. The third-order valence-electron chi connectivity index (χ3n) is 6.56. The van der Waals surface area contributed by atoms with E-state index < -0.39 is 21.0 Å². The van der Waals surface area contributed by atoms with Crippen molar-refractivity contribution in [2.24, 2.45) is 0 Å². The summed E-state index contributed by atoms with van der Waals surface area (Å²) < 4.78 is 28.9. The van der Waals surface area contributed by atoms with Gasteiger partial charge in [0.25, 0.3) is 5.69 Å². The molecule has 9 nitrogen and oxygen atoms in total. The lowest BCUT2D eigenvalue weighted by atomic mass is 9.98. The summed E-state index contributed by atoms with van der Waals surface area (Å²) in [5.74, 6) is 0. The topological polar surface area (TPSA) is 99.0 Å². The highest BCUT2D eigenvalue weighted by Gasteiger charge is 2.29. The molecule has 0 atom stereocenters. The van der Waals surface area contributed by atoms with Crippen molar-refractivity contribution < 1.29 is 13.3 Å². The van der Waals surface area contributed by atoms with Crippen LogP contribution in [0, 0.1) is 10.1 Å². The largest absolute Gasteiger partial charge is 0.368 e. The number of sulfonamides is 1. The first-order valence-corrected chi connectivity index (χ1v) is 15.4. The van der Waals surface area contributed by atoms with Gasteiger partial charge < -0.3 is 15.1 Å². The van der Waals surface area contributed by atoms with E-state index in [1.165, 1.54) is 16.4 Å². The van der Waals surface area contributed by atoms with Crippen molar-refractivity contribution in [3.05, 3.63) is 98.0 Å². The normalized spacial score (nSPS) is 12.0. The van der Waals surface area contributed by atoms with Crippen molar-refractivity contribution in [2.45, 2.75) is 23.8 Å². The van der Waals surface area contributed by atoms with Gasteiger partial charge in [-0.05, 0) is 89.5 Å². The summed E-state index contributed by atoms with van der Waals surface area (Å²) in [4.78, 5) is 15.5. The molecule has 0 saturated carbocycles. The molecule has 0 radical (unpaired) electrons. The lowest BCUT2D eigenvalue weighted by molar-refractivity contribution is -0.384. The lowest BCUT2D eigenvalue weighted by Gasteiger charge is -2.25. The first-order chi connectivity index (χ1) is 19.4. The van der Waals surface area contributed by atoms with Crippen LogP contribution in [0.15, 0.2) is 71.6 Å². The Morgan fingerprint density at radius 3 is 1.73 bits per heavy atom. The van der Waals surface area contributed by atoms with Crippen LogP contribution in [-0.2, 0) is 10.0 Å². The highest BCUT2D eigenvalue weighted by atomic mass is 35.5. The Morgan fingerprint density at radius 1 is 0.805 bits per heavy atom. The van der Waals surface area contributed by atoms with Gasteiger partial charge in [-0.1, -0.05) is 59.6 Å². The summed E-state index contributed by atoms with van der Waals surface area (Å²) in [7, 11) is 3.72. The number of nitro groups is 1. The molecule has 1 N–H and O–H groups in total. The number of nitro benzene ring substituents is 1. The Kier molecular flexibility index (Phi) is 12.0. The molecule has 0 fully saturated rings. The van der Waals surface area contributed by atoms with Crippen LogP contribution >= 0.6 is 23.2 Å². The van der Waals surface area contributed by atoms with E-state index in [2.05, 4.69) is 5.32 Å². The highest BCUT2D eigenvalue weighted by Crippen LogP contribution is 2.38. The van der Waals surface area contributed by atoms with Gasteiger partial charge in [0.1, 0.15) is 5.69 Å². The summed E-state index contributed by atoms with van der Waals surface area (Å²) in [6, 6.07) is 17.6. The molecule has 0 unspecified atom stereocenters. The molecule has 0 aliphatic carbocycles. The van der Waals surface area contributed by atoms with E-state index in [1.807, 2.05) is 62.3 Å². The zero-order valence-electron chi connectivity index (χ0n) is 23.8. The molecule has 0 saturated heterocycles. The molecule has 3 aromatic rings. The average molecular weight is 623 g/mol. The molecule has 0 amide bonds. The van der Waals surface area contributed by atoms with Crippen molar-refractivity contribution in [3.8, 4) is 0 Å². The van der Waals surface area contributed by atoms with E-state index >= 15 is 0 Å². The monoisotopic (exact) mass is 621 g/mol. The molecule has 0 heterocycles. The van der Waals surface area contributed by atoms with E-state index in [1.54, 1.807) is 24.3 Å². The highest BCUT2D eigenvalue weighted by molar-refractivity contribution is 7.89. The third kappa shape index (κ3) is 8.88. The fourth-order valence-corrected chi connectivity index (χ4v) is 6.50. The maximum absolute atomic E-state index is 13.7. The van der Waals surface area contributed by atoms with E-state index in [-0.39, 0.29) is 16.3 Å².